The molecule has 1 saturated heterocycles. The largest absolute Gasteiger partial charge is 0.492 e. The smallest absolute Gasteiger partial charge is 0.410 e. The van der Waals surface area contributed by atoms with E-state index in [1.807, 2.05) is 72.8 Å². The number of amides is 1. The Morgan fingerprint density at radius 2 is 1.59 bits per heavy atom. The molecule has 2 aliphatic heterocycles. The number of oxime groups is 1. The zero-order valence-electron chi connectivity index (χ0n) is 38.3. The molecule has 0 radical (unpaired) electrons. The summed E-state index contributed by atoms with van der Waals surface area (Å²) in [6, 6.07) is 24.9. The molecule has 2 heterocycles. The molecule has 3 aromatic carbocycles. The van der Waals surface area contributed by atoms with Crippen molar-refractivity contribution in [1.82, 2.24) is 9.80 Å². The molecular formula is C52H69N3O11. The summed E-state index contributed by atoms with van der Waals surface area (Å²) in [5.41, 5.74) is 4.55. The van der Waals surface area contributed by atoms with Gasteiger partial charge in [0.05, 0.1) is 51.3 Å². The van der Waals surface area contributed by atoms with Crippen molar-refractivity contribution in [2.75, 3.05) is 85.6 Å². The number of rotatable bonds is 29. The molecule has 3 aromatic rings. The van der Waals surface area contributed by atoms with Gasteiger partial charge in [-0.15, -0.1) is 6.58 Å². The Morgan fingerprint density at radius 1 is 0.848 bits per heavy atom. The van der Waals surface area contributed by atoms with Gasteiger partial charge in [0, 0.05) is 57.3 Å². The highest BCUT2D eigenvalue weighted by atomic mass is 16.7. The van der Waals surface area contributed by atoms with Crippen molar-refractivity contribution >= 4 is 11.8 Å². The first kappa shape index (κ1) is 49.1. The predicted molar refractivity (Wildman–Crippen MR) is 250 cm³/mol. The summed E-state index contributed by atoms with van der Waals surface area (Å²) in [6.45, 7) is 8.81. The minimum absolute atomic E-state index is 0.00207. The molecule has 0 bridgehead atoms. The number of ether oxygens (including phenoxy) is 6. The van der Waals surface area contributed by atoms with Crippen LogP contribution in [0.4, 0.5) is 4.79 Å². The number of fused-ring (bicyclic) bond motifs is 2. The summed E-state index contributed by atoms with van der Waals surface area (Å²) in [4.78, 5) is 24.9. The standard InChI is InChI=1S/C52H69N3O11/c1-2-28-64-52-48(55(24-29-60-31-27-58)51(59)63-33-32-61-37-39-13-5-3-6-14-39)36-46(53-65-38-40-15-7-4-8-16-40)44-34-41(17-9-11-25-56)43(18-10-12-26-57)49(50(44)52)45-35-42(19-20-47(45)66-52)62-30-23-54-21-22-54/h2-8,13-16,19-20,34-35,41,43,48-50,56-58H,1,9-12,17-18,21-33,36-38H2. The number of unbranched alkanes of at least 4 members (excludes halogenated alkanes) is 2. The lowest BCUT2D eigenvalue weighted by Crippen LogP contribution is -2.70. The fraction of sp³-hybridized carbons (Fsp3) is 0.538. The number of carbonyl (C=O) groups is 1. The maximum Gasteiger partial charge on any atom is 0.410 e. The Kier molecular flexibility index (Phi) is 18.9. The van der Waals surface area contributed by atoms with Gasteiger partial charge in [-0.3, -0.25) is 9.80 Å². The van der Waals surface area contributed by atoms with Crippen LogP contribution in [0.25, 0.3) is 0 Å². The maximum absolute atomic E-state index is 14.7. The summed E-state index contributed by atoms with van der Waals surface area (Å²) in [7, 11) is 0. The molecule has 0 spiro atoms. The molecule has 0 aromatic heterocycles. The SMILES string of the molecule is C=CCOC12Oc3ccc(OCCN4CC4)cc3C3C(CCCCO)C(CCCCO)C=C(C(=NOCc4ccccc4)CC1N(CCOCCO)C(=O)OCCOCc1ccccc1)C32. The molecule has 4 aliphatic rings. The van der Waals surface area contributed by atoms with E-state index in [9.17, 15) is 20.1 Å². The Morgan fingerprint density at radius 3 is 2.30 bits per heavy atom. The van der Waals surface area contributed by atoms with Crippen LogP contribution in [-0.2, 0) is 37.0 Å². The van der Waals surface area contributed by atoms with Crippen LogP contribution in [0.3, 0.4) is 0 Å². The highest BCUT2D eigenvalue weighted by Crippen LogP contribution is 2.62. The monoisotopic (exact) mass is 911 g/mol. The highest BCUT2D eigenvalue weighted by molar-refractivity contribution is 6.03. The van der Waals surface area contributed by atoms with E-state index in [4.69, 9.17) is 38.4 Å². The van der Waals surface area contributed by atoms with Crippen molar-refractivity contribution in [2.24, 2.45) is 22.9 Å². The van der Waals surface area contributed by atoms with Crippen LogP contribution >= 0.6 is 0 Å². The molecular weight excluding hydrogens is 843 g/mol. The van der Waals surface area contributed by atoms with Gasteiger partial charge in [0.15, 0.2) is 0 Å². The Bertz CT molecular complexity index is 2010. The lowest BCUT2D eigenvalue weighted by atomic mass is 9.55. The van der Waals surface area contributed by atoms with E-state index < -0.39 is 23.8 Å². The van der Waals surface area contributed by atoms with Crippen molar-refractivity contribution in [3.8, 4) is 11.5 Å². The van der Waals surface area contributed by atoms with Crippen LogP contribution in [0.15, 0.2) is 108 Å². The summed E-state index contributed by atoms with van der Waals surface area (Å²) in [6.07, 6.45) is 8.18. The van der Waals surface area contributed by atoms with Crippen LogP contribution in [-0.4, -0.2) is 134 Å². The third-order valence-corrected chi connectivity index (χ3v) is 13.0. The van der Waals surface area contributed by atoms with E-state index in [2.05, 4.69) is 23.6 Å². The molecule has 3 N–H and O–H groups in total. The molecule has 358 valence electrons. The average molecular weight is 912 g/mol. The van der Waals surface area contributed by atoms with Gasteiger partial charge in [0.1, 0.15) is 37.4 Å². The molecule has 2 aliphatic carbocycles. The van der Waals surface area contributed by atoms with E-state index in [-0.39, 0.29) is 90.2 Å². The first-order valence-corrected chi connectivity index (χ1v) is 23.8. The number of allylic oxidation sites excluding steroid dienone is 1. The van der Waals surface area contributed by atoms with Crippen LogP contribution < -0.4 is 9.47 Å². The fourth-order valence-electron chi connectivity index (χ4n) is 9.82. The summed E-state index contributed by atoms with van der Waals surface area (Å²) in [5, 5.41) is 34.5. The Hall–Kier alpha value is -4.80. The minimum atomic E-state index is -1.48. The number of benzene rings is 3. The zero-order chi connectivity index (χ0) is 46.0. The van der Waals surface area contributed by atoms with E-state index in [1.165, 1.54) is 0 Å². The molecule has 1 saturated carbocycles. The van der Waals surface area contributed by atoms with Gasteiger partial charge in [-0.05, 0) is 72.4 Å². The van der Waals surface area contributed by atoms with Crippen LogP contribution in [0, 0.1) is 17.8 Å². The number of hydrogen-bond donors (Lipinski definition) is 3. The Labute approximate surface area is 389 Å². The van der Waals surface area contributed by atoms with E-state index in [0.29, 0.717) is 37.5 Å². The van der Waals surface area contributed by atoms with Crippen molar-refractivity contribution in [1.29, 1.82) is 0 Å². The normalized spacial score (nSPS) is 23.5. The van der Waals surface area contributed by atoms with Gasteiger partial charge in [0.2, 0.25) is 5.79 Å². The van der Waals surface area contributed by atoms with Gasteiger partial charge in [-0.25, -0.2) is 4.79 Å². The summed E-state index contributed by atoms with van der Waals surface area (Å²) < 4.78 is 38.6. The summed E-state index contributed by atoms with van der Waals surface area (Å²) in [5.74, 6) is -0.716. The van der Waals surface area contributed by atoms with Crippen molar-refractivity contribution < 1.29 is 53.4 Å². The number of aliphatic hydroxyl groups is 3. The zero-order valence-corrected chi connectivity index (χ0v) is 38.3. The third-order valence-electron chi connectivity index (χ3n) is 13.0. The van der Waals surface area contributed by atoms with Gasteiger partial charge in [0.25, 0.3) is 0 Å². The average Bonchev–Trinajstić information content (AvgIpc) is 4.17. The first-order valence-electron chi connectivity index (χ1n) is 23.8. The molecule has 6 atom stereocenters. The van der Waals surface area contributed by atoms with Crippen molar-refractivity contribution in [3.05, 3.63) is 120 Å². The molecule has 14 nitrogen and oxygen atoms in total. The van der Waals surface area contributed by atoms with Crippen molar-refractivity contribution in [2.45, 2.75) is 75.9 Å². The summed E-state index contributed by atoms with van der Waals surface area (Å²) >= 11 is 0. The van der Waals surface area contributed by atoms with E-state index in [0.717, 1.165) is 73.3 Å². The Balaban J connectivity index is 1.33. The lowest BCUT2D eigenvalue weighted by molar-refractivity contribution is -0.256. The van der Waals surface area contributed by atoms with Crippen LogP contribution in [0.1, 0.15) is 67.6 Å². The van der Waals surface area contributed by atoms with E-state index in [1.54, 1.807) is 11.0 Å². The number of nitrogens with zero attached hydrogens (tertiary/aromatic N) is 3. The second-order valence-electron chi connectivity index (χ2n) is 17.4. The van der Waals surface area contributed by atoms with Crippen molar-refractivity contribution in [3.63, 3.8) is 0 Å². The maximum atomic E-state index is 14.7. The third kappa shape index (κ3) is 12.8. The first-order chi connectivity index (χ1) is 32.5. The number of aliphatic hydroxyl groups excluding tert-OH is 3. The topological polar surface area (TPSA) is 161 Å². The second-order valence-corrected chi connectivity index (χ2v) is 17.4. The van der Waals surface area contributed by atoms with Crippen LogP contribution in [0.5, 0.6) is 11.5 Å². The lowest BCUT2D eigenvalue weighted by Gasteiger charge is -2.59. The molecule has 7 rings (SSSR count). The molecule has 6 unspecified atom stereocenters. The minimum Gasteiger partial charge on any atom is -0.492 e. The highest BCUT2D eigenvalue weighted by Gasteiger charge is 2.65. The second kappa shape index (κ2) is 25.4. The van der Waals surface area contributed by atoms with Crippen LogP contribution in [0.2, 0.25) is 0 Å². The quantitative estimate of drug-likeness (QED) is 0.0287. The number of hydrogen-bond acceptors (Lipinski definition) is 13. The van der Waals surface area contributed by atoms with E-state index >= 15 is 0 Å². The van der Waals surface area contributed by atoms with Gasteiger partial charge in [-0.2, -0.15) is 0 Å². The van der Waals surface area contributed by atoms with Gasteiger partial charge < -0.3 is 48.6 Å². The number of carbonyl (C=O) groups excluding carboxylic acids is 1. The van der Waals surface area contributed by atoms with Gasteiger partial charge in [-0.1, -0.05) is 90.8 Å². The molecule has 14 heteroatoms. The molecule has 1 amide bonds. The molecule has 2 fully saturated rings. The fourth-order valence-corrected chi connectivity index (χ4v) is 9.82. The molecule has 66 heavy (non-hydrogen) atoms. The van der Waals surface area contributed by atoms with Gasteiger partial charge >= 0.3 is 6.09 Å². The predicted octanol–water partition coefficient (Wildman–Crippen LogP) is 6.88.